The van der Waals surface area contributed by atoms with E-state index in [4.69, 9.17) is 23.2 Å². The zero-order valence-corrected chi connectivity index (χ0v) is 11.9. The summed E-state index contributed by atoms with van der Waals surface area (Å²) in [5, 5.41) is 10.5. The predicted molar refractivity (Wildman–Crippen MR) is 74.1 cm³/mol. The molecule has 0 atom stereocenters. The summed E-state index contributed by atoms with van der Waals surface area (Å²) in [4.78, 5) is 11.9. The van der Waals surface area contributed by atoms with Gasteiger partial charge in [0.1, 0.15) is 0 Å². The molecule has 0 spiro atoms. The van der Waals surface area contributed by atoms with Gasteiger partial charge in [-0.2, -0.15) is 0 Å². The molecule has 0 saturated heterocycles. The van der Waals surface area contributed by atoms with Crippen LogP contribution in [0.25, 0.3) is 0 Å². The third kappa shape index (κ3) is 3.19. The van der Waals surface area contributed by atoms with E-state index in [9.17, 15) is 4.79 Å². The Bertz CT molecular complexity index is 589. The Morgan fingerprint density at radius 2 is 1.94 bits per heavy atom. The van der Waals surface area contributed by atoms with Crippen LogP contribution in [0, 0.1) is 0 Å². The Hall–Kier alpha value is -1.17. The van der Waals surface area contributed by atoms with Crippen molar-refractivity contribution in [1.82, 2.24) is 10.2 Å². The summed E-state index contributed by atoms with van der Waals surface area (Å²) >= 11 is 14.8. The molecule has 0 fully saturated rings. The molecule has 1 aromatic heterocycles. The van der Waals surface area contributed by atoms with Gasteiger partial charge in [-0.3, -0.25) is 4.79 Å². The summed E-state index contributed by atoms with van der Waals surface area (Å²) in [7, 11) is 0. The van der Waals surface area contributed by atoms with Gasteiger partial charge in [0.15, 0.2) is 11.0 Å². The first kappa shape index (κ1) is 13.3. The Morgan fingerprint density at radius 1 is 1.17 bits per heavy atom. The number of hydrogen-bond acceptors (Lipinski definition) is 3. The van der Waals surface area contributed by atoms with E-state index >= 15 is 0 Å². The fourth-order valence-electron chi connectivity index (χ4n) is 1.24. The van der Waals surface area contributed by atoms with Crippen molar-refractivity contribution < 1.29 is 4.79 Å². The molecule has 18 heavy (non-hydrogen) atoms. The summed E-state index contributed by atoms with van der Waals surface area (Å²) in [6.45, 7) is 0. The van der Waals surface area contributed by atoms with E-state index in [1.54, 1.807) is 24.3 Å². The summed E-state index contributed by atoms with van der Waals surface area (Å²) in [6.07, 6.45) is 0. The lowest BCUT2D eigenvalue weighted by Gasteiger charge is -2.05. The van der Waals surface area contributed by atoms with Crippen LogP contribution in [0.1, 0.15) is 10.4 Å². The second-order valence-corrected chi connectivity index (χ2v) is 5.03. The maximum absolute atomic E-state index is 11.9. The van der Waals surface area contributed by atoms with Crippen LogP contribution in [-0.4, -0.2) is 16.1 Å². The minimum atomic E-state index is -0.357. The van der Waals surface area contributed by atoms with Gasteiger partial charge in [0.2, 0.25) is 0 Å². The number of carbonyl (C=O) groups is 1. The number of halogens is 3. The van der Waals surface area contributed by atoms with Crippen LogP contribution in [0.2, 0.25) is 10.2 Å². The van der Waals surface area contributed by atoms with Crippen LogP contribution in [0.4, 0.5) is 5.82 Å². The van der Waals surface area contributed by atoms with Crippen LogP contribution < -0.4 is 5.32 Å². The highest BCUT2D eigenvalue weighted by Gasteiger charge is 2.11. The molecule has 4 nitrogen and oxygen atoms in total. The Balaban J connectivity index is 2.19. The zero-order chi connectivity index (χ0) is 13.1. The number of amides is 1. The monoisotopic (exact) mass is 345 g/mol. The lowest BCUT2D eigenvalue weighted by Crippen LogP contribution is -2.13. The van der Waals surface area contributed by atoms with E-state index in [1.807, 2.05) is 0 Å². The second-order valence-electron chi connectivity index (χ2n) is 3.32. The van der Waals surface area contributed by atoms with Gasteiger partial charge in [-0.1, -0.05) is 39.1 Å². The van der Waals surface area contributed by atoms with Crippen LogP contribution in [0.3, 0.4) is 0 Å². The molecule has 0 bridgehead atoms. The van der Waals surface area contributed by atoms with Crippen molar-refractivity contribution in [2.45, 2.75) is 0 Å². The Morgan fingerprint density at radius 3 is 2.56 bits per heavy atom. The summed E-state index contributed by atoms with van der Waals surface area (Å²) < 4.78 is 0.801. The highest BCUT2D eigenvalue weighted by molar-refractivity contribution is 9.10. The minimum Gasteiger partial charge on any atom is -0.305 e. The topological polar surface area (TPSA) is 54.9 Å². The number of benzene rings is 1. The number of anilines is 1. The molecule has 0 aliphatic rings. The minimum absolute atomic E-state index is 0.259. The van der Waals surface area contributed by atoms with E-state index in [2.05, 4.69) is 31.4 Å². The highest BCUT2D eigenvalue weighted by atomic mass is 79.9. The van der Waals surface area contributed by atoms with Crippen molar-refractivity contribution >= 4 is 50.9 Å². The van der Waals surface area contributed by atoms with Crippen LogP contribution in [-0.2, 0) is 0 Å². The molecule has 0 radical (unpaired) electrons. The van der Waals surface area contributed by atoms with Crippen molar-refractivity contribution in [1.29, 1.82) is 0 Å². The molecule has 92 valence electrons. The molecule has 1 N–H and O–H groups in total. The number of hydrogen-bond donors (Lipinski definition) is 1. The molecule has 2 aromatic rings. The third-order valence-corrected chi connectivity index (χ3v) is 3.06. The molecule has 0 aliphatic carbocycles. The molecule has 7 heteroatoms. The van der Waals surface area contributed by atoms with Crippen molar-refractivity contribution in [3.05, 3.63) is 50.5 Å². The first-order chi connectivity index (χ1) is 8.56. The first-order valence-electron chi connectivity index (χ1n) is 4.82. The van der Waals surface area contributed by atoms with Crippen molar-refractivity contribution in [3.63, 3.8) is 0 Å². The molecule has 1 amide bonds. The fourth-order valence-corrected chi connectivity index (χ4v) is 2.10. The number of aromatic nitrogens is 2. The van der Waals surface area contributed by atoms with Gasteiger partial charge in [-0.25, -0.2) is 0 Å². The quantitative estimate of drug-likeness (QED) is 0.899. The van der Waals surface area contributed by atoms with E-state index in [0.29, 0.717) is 16.4 Å². The van der Waals surface area contributed by atoms with Crippen molar-refractivity contribution in [2.24, 2.45) is 0 Å². The SMILES string of the molecule is O=C(Nc1ccc(Cl)nn1)c1ccc(Br)cc1Cl. The average molecular weight is 347 g/mol. The molecular formula is C11H6BrCl2N3O. The maximum Gasteiger partial charge on any atom is 0.258 e. The van der Waals surface area contributed by atoms with Gasteiger partial charge in [0.05, 0.1) is 10.6 Å². The van der Waals surface area contributed by atoms with Gasteiger partial charge < -0.3 is 5.32 Å². The Kier molecular flexibility index (Phi) is 4.16. The number of rotatable bonds is 2. The number of nitrogens with zero attached hydrogens (tertiary/aromatic N) is 2. The van der Waals surface area contributed by atoms with E-state index in [0.717, 1.165) is 4.47 Å². The van der Waals surface area contributed by atoms with Gasteiger partial charge in [-0.05, 0) is 30.3 Å². The summed E-state index contributed by atoms with van der Waals surface area (Å²) in [5.41, 5.74) is 0.358. The fraction of sp³-hybridized carbons (Fsp3) is 0. The summed E-state index contributed by atoms with van der Waals surface area (Å²) in [5.74, 6) is -0.0486. The maximum atomic E-state index is 11.9. The van der Waals surface area contributed by atoms with E-state index in [-0.39, 0.29) is 11.1 Å². The standard InChI is InChI=1S/C11H6BrCl2N3O/c12-6-1-2-7(8(13)5-6)11(18)15-10-4-3-9(14)16-17-10/h1-5H,(H,15,17,18). The van der Waals surface area contributed by atoms with Crippen molar-refractivity contribution in [3.8, 4) is 0 Å². The molecule has 2 rings (SSSR count). The Labute approximate surface area is 121 Å². The van der Waals surface area contributed by atoms with Crippen LogP contribution >= 0.6 is 39.1 Å². The molecule has 0 aliphatic heterocycles. The molecule has 0 saturated carbocycles. The largest absolute Gasteiger partial charge is 0.305 e. The first-order valence-corrected chi connectivity index (χ1v) is 6.37. The lowest BCUT2D eigenvalue weighted by atomic mass is 10.2. The molecule has 1 aromatic carbocycles. The van der Waals surface area contributed by atoms with Gasteiger partial charge in [-0.15, -0.1) is 10.2 Å². The average Bonchev–Trinajstić information content (AvgIpc) is 2.32. The van der Waals surface area contributed by atoms with Gasteiger partial charge in [0.25, 0.3) is 5.91 Å². The third-order valence-electron chi connectivity index (χ3n) is 2.05. The normalized spacial score (nSPS) is 10.2. The molecular weight excluding hydrogens is 341 g/mol. The van der Waals surface area contributed by atoms with Gasteiger partial charge >= 0.3 is 0 Å². The highest BCUT2D eigenvalue weighted by Crippen LogP contribution is 2.22. The second kappa shape index (κ2) is 5.65. The van der Waals surface area contributed by atoms with E-state index in [1.165, 1.54) is 6.07 Å². The smallest absolute Gasteiger partial charge is 0.258 e. The van der Waals surface area contributed by atoms with E-state index < -0.39 is 0 Å². The number of carbonyl (C=O) groups excluding carboxylic acids is 1. The lowest BCUT2D eigenvalue weighted by molar-refractivity contribution is 0.102. The van der Waals surface area contributed by atoms with Gasteiger partial charge in [0, 0.05) is 4.47 Å². The van der Waals surface area contributed by atoms with Crippen LogP contribution in [0.5, 0.6) is 0 Å². The number of nitrogens with one attached hydrogen (secondary N) is 1. The molecule has 1 heterocycles. The molecule has 0 unspecified atom stereocenters. The summed E-state index contributed by atoms with van der Waals surface area (Å²) in [6, 6.07) is 8.08. The predicted octanol–water partition coefficient (Wildman–Crippen LogP) is 3.80. The van der Waals surface area contributed by atoms with Crippen LogP contribution in [0.15, 0.2) is 34.8 Å². The zero-order valence-electron chi connectivity index (χ0n) is 8.82. The van der Waals surface area contributed by atoms with Crippen molar-refractivity contribution in [2.75, 3.05) is 5.32 Å².